The number of rotatable bonds is 2. The highest BCUT2D eigenvalue weighted by molar-refractivity contribution is 9.10. The Bertz CT molecular complexity index is 716. The van der Waals surface area contributed by atoms with E-state index < -0.39 is 5.97 Å². The van der Waals surface area contributed by atoms with E-state index in [1.165, 1.54) is 11.3 Å². The average molecular weight is 323 g/mol. The second kappa shape index (κ2) is 4.22. The summed E-state index contributed by atoms with van der Waals surface area (Å²) in [4.78, 5) is 16.2. The van der Waals surface area contributed by atoms with Crippen LogP contribution in [0.25, 0.3) is 16.2 Å². The predicted octanol–water partition coefficient (Wildman–Crippen LogP) is 3.52. The first-order chi connectivity index (χ1) is 8.63. The smallest absolute Gasteiger partial charge is 0.347 e. The molecule has 1 aromatic carbocycles. The van der Waals surface area contributed by atoms with Gasteiger partial charge in [-0.05, 0) is 12.1 Å². The molecule has 0 aliphatic rings. The molecule has 0 radical (unpaired) electrons. The first-order valence-corrected chi connectivity index (χ1v) is 6.72. The van der Waals surface area contributed by atoms with Crippen molar-refractivity contribution in [1.82, 2.24) is 9.38 Å². The van der Waals surface area contributed by atoms with Gasteiger partial charge in [0.1, 0.15) is 4.88 Å². The Morgan fingerprint density at radius 1 is 1.39 bits per heavy atom. The number of halogens is 1. The predicted molar refractivity (Wildman–Crippen MR) is 73.2 cm³/mol. The average Bonchev–Trinajstić information content (AvgIpc) is 2.86. The molecule has 2 heterocycles. The Morgan fingerprint density at radius 2 is 2.22 bits per heavy atom. The zero-order valence-electron chi connectivity index (χ0n) is 9.00. The maximum atomic E-state index is 10.8. The summed E-state index contributed by atoms with van der Waals surface area (Å²) in [6.07, 6.45) is 3.41. The monoisotopic (exact) mass is 322 g/mol. The molecule has 4 nitrogen and oxygen atoms in total. The Kier molecular flexibility index (Phi) is 2.68. The third-order valence-electron chi connectivity index (χ3n) is 2.49. The molecule has 0 unspecified atom stereocenters. The van der Waals surface area contributed by atoms with Crippen molar-refractivity contribution in [3.63, 3.8) is 0 Å². The molecule has 3 aromatic rings. The van der Waals surface area contributed by atoms with Crippen LogP contribution in [0.1, 0.15) is 9.67 Å². The maximum Gasteiger partial charge on any atom is 0.347 e. The van der Waals surface area contributed by atoms with Gasteiger partial charge in [0.15, 0.2) is 4.96 Å². The topological polar surface area (TPSA) is 54.6 Å². The molecule has 18 heavy (non-hydrogen) atoms. The number of benzene rings is 1. The highest BCUT2D eigenvalue weighted by Gasteiger charge is 2.12. The summed E-state index contributed by atoms with van der Waals surface area (Å²) in [5, 5.41) is 8.89. The van der Waals surface area contributed by atoms with Gasteiger partial charge in [0.25, 0.3) is 0 Å². The summed E-state index contributed by atoms with van der Waals surface area (Å²) < 4.78 is 2.73. The quantitative estimate of drug-likeness (QED) is 0.785. The molecule has 1 N–H and O–H groups in total. The summed E-state index contributed by atoms with van der Waals surface area (Å²) in [6.45, 7) is 0. The van der Waals surface area contributed by atoms with Crippen LogP contribution in [0.2, 0.25) is 0 Å². The van der Waals surface area contributed by atoms with Crippen LogP contribution in [-0.2, 0) is 0 Å². The molecule has 0 saturated heterocycles. The third-order valence-corrected chi connectivity index (χ3v) is 3.96. The number of carboxylic acids is 1. The Morgan fingerprint density at radius 3 is 2.89 bits per heavy atom. The van der Waals surface area contributed by atoms with E-state index in [1.54, 1.807) is 10.6 Å². The van der Waals surface area contributed by atoms with Crippen molar-refractivity contribution in [2.24, 2.45) is 0 Å². The van der Waals surface area contributed by atoms with Crippen LogP contribution < -0.4 is 0 Å². The fourth-order valence-corrected chi connectivity index (χ4v) is 2.89. The van der Waals surface area contributed by atoms with Crippen LogP contribution in [0, 0.1) is 0 Å². The van der Waals surface area contributed by atoms with Gasteiger partial charge in [0, 0.05) is 22.4 Å². The van der Waals surface area contributed by atoms with E-state index in [0.29, 0.717) is 9.84 Å². The van der Waals surface area contributed by atoms with Gasteiger partial charge in [-0.3, -0.25) is 4.40 Å². The SMILES string of the molecule is O=C(O)c1cn2cc(-c3cccc(Br)c3)nc2s1. The zero-order chi connectivity index (χ0) is 12.7. The van der Waals surface area contributed by atoms with Gasteiger partial charge >= 0.3 is 5.97 Å². The molecule has 0 saturated carbocycles. The van der Waals surface area contributed by atoms with Gasteiger partial charge in [0.05, 0.1) is 5.69 Å². The number of fused-ring (bicyclic) bond motifs is 1. The standard InChI is InChI=1S/C12H7BrN2O2S/c13-8-3-1-2-7(4-8)9-5-15-6-10(11(16)17)18-12(15)14-9/h1-6H,(H,16,17). The van der Waals surface area contributed by atoms with Crippen molar-refractivity contribution in [3.8, 4) is 11.3 Å². The van der Waals surface area contributed by atoms with Crippen molar-refractivity contribution in [2.75, 3.05) is 0 Å². The van der Waals surface area contributed by atoms with Crippen LogP contribution in [-0.4, -0.2) is 20.5 Å². The summed E-state index contributed by atoms with van der Waals surface area (Å²) in [5.74, 6) is -0.922. The van der Waals surface area contributed by atoms with E-state index in [4.69, 9.17) is 5.11 Å². The first kappa shape index (κ1) is 11.4. The van der Waals surface area contributed by atoms with E-state index >= 15 is 0 Å². The molecule has 0 aliphatic carbocycles. The normalized spacial score (nSPS) is 10.9. The summed E-state index contributed by atoms with van der Waals surface area (Å²) in [7, 11) is 0. The van der Waals surface area contributed by atoms with Crippen molar-refractivity contribution >= 4 is 38.2 Å². The second-order valence-corrected chi connectivity index (χ2v) is 5.65. The van der Waals surface area contributed by atoms with Gasteiger partial charge in [-0.2, -0.15) is 0 Å². The minimum Gasteiger partial charge on any atom is -0.477 e. The second-order valence-electron chi connectivity index (χ2n) is 3.73. The van der Waals surface area contributed by atoms with Gasteiger partial charge in [-0.1, -0.05) is 39.4 Å². The molecule has 0 fully saturated rings. The minimum absolute atomic E-state index is 0.290. The van der Waals surface area contributed by atoms with Crippen molar-refractivity contribution in [3.05, 3.63) is 46.0 Å². The van der Waals surface area contributed by atoms with E-state index in [0.717, 1.165) is 15.7 Å². The molecule has 90 valence electrons. The van der Waals surface area contributed by atoms with E-state index in [2.05, 4.69) is 20.9 Å². The summed E-state index contributed by atoms with van der Waals surface area (Å²) in [6, 6.07) is 7.83. The van der Waals surface area contributed by atoms with Crippen LogP contribution >= 0.6 is 27.3 Å². The first-order valence-electron chi connectivity index (χ1n) is 5.11. The van der Waals surface area contributed by atoms with Crippen LogP contribution in [0.5, 0.6) is 0 Å². The number of thiazole rings is 1. The van der Waals surface area contributed by atoms with Gasteiger partial charge in [0.2, 0.25) is 0 Å². The van der Waals surface area contributed by atoms with Crippen molar-refractivity contribution in [2.45, 2.75) is 0 Å². The number of imidazole rings is 1. The molecular weight excluding hydrogens is 316 g/mol. The van der Waals surface area contributed by atoms with Crippen LogP contribution in [0.3, 0.4) is 0 Å². The molecule has 0 aliphatic heterocycles. The lowest BCUT2D eigenvalue weighted by atomic mass is 10.2. The van der Waals surface area contributed by atoms with E-state index in [-0.39, 0.29) is 0 Å². The number of carbonyl (C=O) groups is 1. The summed E-state index contributed by atoms with van der Waals surface area (Å²) >= 11 is 4.58. The molecule has 0 amide bonds. The highest BCUT2D eigenvalue weighted by Crippen LogP contribution is 2.25. The fourth-order valence-electron chi connectivity index (χ4n) is 1.68. The largest absolute Gasteiger partial charge is 0.477 e. The van der Waals surface area contributed by atoms with E-state index in [9.17, 15) is 4.79 Å². The van der Waals surface area contributed by atoms with Gasteiger partial charge in [-0.25, -0.2) is 9.78 Å². The number of hydrogen-bond acceptors (Lipinski definition) is 3. The zero-order valence-corrected chi connectivity index (χ0v) is 11.4. The molecule has 0 atom stereocenters. The number of aromatic nitrogens is 2. The maximum absolute atomic E-state index is 10.8. The van der Waals surface area contributed by atoms with Gasteiger partial charge < -0.3 is 5.11 Å². The number of nitrogens with zero attached hydrogens (tertiary/aromatic N) is 2. The molecule has 0 bridgehead atoms. The van der Waals surface area contributed by atoms with Crippen LogP contribution in [0.4, 0.5) is 0 Å². The third kappa shape index (κ3) is 1.93. The number of hydrogen-bond donors (Lipinski definition) is 1. The fraction of sp³-hybridized carbons (Fsp3) is 0. The lowest BCUT2D eigenvalue weighted by Gasteiger charge is -1.96. The minimum atomic E-state index is -0.922. The highest BCUT2D eigenvalue weighted by atomic mass is 79.9. The van der Waals surface area contributed by atoms with Crippen LogP contribution in [0.15, 0.2) is 41.1 Å². The Hall–Kier alpha value is -1.66. The molecule has 3 rings (SSSR count). The molecule has 0 spiro atoms. The van der Waals surface area contributed by atoms with Crippen molar-refractivity contribution < 1.29 is 9.90 Å². The van der Waals surface area contributed by atoms with E-state index in [1.807, 2.05) is 30.5 Å². The lowest BCUT2D eigenvalue weighted by molar-refractivity contribution is 0.0702. The van der Waals surface area contributed by atoms with Crippen molar-refractivity contribution in [1.29, 1.82) is 0 Å². The Labute approximate surface area is 115 Å². The molecular formula is C12H7BrN2O2S. The Balaban J connectivity index is 2.09. The molecule has 6 heteroatoms. The molecule has 2 aromatic heterocycles. The summed E-state index contributed by atoms with van der Waals surface area (Å²) in [5.41, 5.74) is 1.83. The lowest BCUT2D eigenvalue weighted by Crippen LogP contribution is -1.90. The van der Waals surface area contributed by atoms with Gasteiger partial charge in [-0.15, -0.1) is 0 Å². The number of aromatic carboxylic acids is 1. The number of carboxylic acid groups (broad SMARTS) is 1.